The van der Waals surface area contributed by atoms with Crippen LogP contribution in [0, 0.1) is 12.8 Å². The van der Waals surface area contributed by atoms with Gasteiger partial charge in [0.1, 0.15) is 5.82 Å². The minimum atomic E-state index is 0.430. The van der Waals surface area contributed by atoms with Crippen LogP contribution in [0.3, 0.4) is 0 Å². The van der Waals surface area contributed by atoms with E-state index in [1.807, 2.05) is 0 Å². The summed E-state index contributed by atoms with van der Waals surface area (Å²) in [5, 5.41) is 0. The molecule has 0 aliphatic rings. The van der Waals surface area contributed by atoms with Crippen LogP contribution in [-0.2, 0) is 17.2 Å². The van der Waals surface area contributed by atoms with Gasteiger partial charge in [0.15, 0.2) is 0 Å². The Morgan fingerprint density at radius 2 is 2.10 bits per heavy atom. The van der Waals surface area contributed by atoms with Crippen LogP contribution < -0.4 is 0 Å². The minimum Gasteiger partial charge on any atom is -0.380 e. The lowest BCUT2D eigenvalue weighted by Crippen LogP contribution is -2.10. The van der Waals surface area contributed by atoms with Gasteiger partial charge in [0.25, 0.3) is 0 Å². The number of aryl methyl sites for hydroxylation is 1. The van der Waals surface area contributed by atoms with Crippen molar-refractivity contribution in [1.29, 1.82) is 0 Å². The Morgan fingerprint density at radius 3 is 2.80 bits per heavy atom. The van der Waals surface area contributed by atoms with E-state index in [1.54, 1.807) is 0 Å². The maximum absolute atomic E-state index is 6.00. The number of alkyl halides is 1. The van der Waals surface area contributed by atoms with Crippen molar-refractivity contribution in [2.75, 3.05) is 13.2 Å². The first-order valence-corrected chi connectivity index (χ1v) is 7.74. The van der Waals surface area contributed by atoms with Gasteiger partial charge >= 0.3 is 0 Å². The van der Waals surface area contributed by atoms with Crippen molar-refractivity contribution >= 4 is 22.6 Å². The molecule has 0 spiro atoms. The minimum absolute atomic E-state index is 0.430. The highest BCUT2D eigenvalue weighted by atomic mass is 35.5. The van der Waals surface area contributed by atoms with E-state index in [0.29, 0.717) is 18.4 Å². The van der Waals surface area contributed by atoms with Crippen LogP contribution >= 0.6 is 11.6 Å². The second kappa shape index (κ2) is 7.09. The molecular formula is C16H23ClN2O. The molecule has 0 aliphatic carbocycles. The molecule has 0 fully saturated rings. The summed E-state index contributed by atoms with van der Waals surface area (Å²) >= 11 is 6.00. The smallest absolute Gasteiger partial charge is 0.124 e. The molecule has 1 aromatic heterocycles. The van der Waals surface area contributed by atoms with Crippen LogP contribution in [0.5, 0.6) is 0 Å². The summed E-state index contributed by atoms with van der Waals surface area (Å²) in [5.41, 5.74) is 3.39. The summed E-state index contributed by atoms with van der Waals surface area (Å²) in [6.07, 6.45) is 1.10. The van der Waals surface area contributed by atoms with Gasteiger partial charge in [-0.1, -0.05) is 19.9 Å². The molecule has 2 aromatic rings. The quantitative estimate of drug-likeness (QED) is 0.567. The monoisotopic (exact) mass is 294 g/mol. The average molecular weight is 295 g/mol. The number of imidazole rings is 1. The molecular weight excluding hydrogens is 272 g/mol. The largest absolute Gasteiger partial charge is 0.380 e. The number of aromatic nitrogens is 2. The first-order valence-electron chi connectivity index (χ1n) is 7.21. The van der Waals surface area contributed by atoms with Crippen molar-refractivity contribution in [3.63, 3.8) is 0 Å². The molecule has 0 unspecified atom stereocenters. The molecule has 0 amide bonds. The number of hydrogen-bond acceptors (Lipinski definition) is 2. The summed E-state index contributed by atoms with van der Waals surface area (Å²) in [6.45, 7) is 8.84. The van der Waals surface area contributed by atoms with E-state index < -0.39 is 0 Å². The van der Waals surface area contributed by atoms with Gasteiger partial charge < -0.3 is 9.30 Å². The third kappa shape index (κ3) is 3.74. The second-order valence-corrected chi connectivity index (χ2v) is 5.87. The predicted octanol–water partition coefficient (Wildman–Crippen LogP) is 4.15. The van der Waals surface area contributed by atoms with Crippen LogP contribution in [0.25, 0.3) is 11.0 Å². The zero-order valence-corrected chi connectivity index (χ0v) is 13.3. The van der Waals surface area contributed by atoms with Gasteiger partial charge in [-0.2, -0.15) is 0 Å². The average Bonchev–Trinajstić information content (AvgIpc) is 2.75. The van der Waals surface area contributed by atoms with E-state index in [-0.39, 0.29) is 0 Å². The molecule has 1 aromatic carbocycles. The SMILES string of the molecule is Cc1ccc2nc(CCl)n(CCOCCC(C)C)c2c1. The molecule has 0 aliphatic heterocycles. The second-order valence-electron chi connectivity index (χ2n) is 5.60. The zero-order valence-electron chi connectivity index (χ0n) is 12.5. The lowest BCUT2D eigenvalue weighted by molar-refractivity contribution is 0.116. The molecule has 0 saturated heterocycles. The number of benzene rings is 1. The van der Waals surface area contributed by atoms with Gasteiger partial charge in [0.05, 0.1) is 23.5 Å². The van der Waals surface area contributed by atoms with E-state index in [1.165, 1.54) is 5.56 Å². The van der Waals surface area contributed by atoms with Gasteiger partial charge in [0, 0.05) is 13.2 Å². The molecule has 0 atom stereocenters. The third-order valence-corrected chi connectivity index (χ3v) is 3.64. The highest BCUT2D eigenvalue weighted by Crippen LogP contribution is 2.19. The maximum atomic E-state index is 6.00. The number of rotatable bonds is 7. The molecule has 20 heavy (non-hydrogen) atoms. The third-order valence-electron chi connectivity index (χ3n) is 3.40. The van der Waals surface area contributed by atoms with Crippen molar-refractivity contribution in [2.24, 2.45) is 5.92 Å². The summed E-state index contributed by atoms with van der Waals surface area (Å²) in [5.74, 6) is 2.03. The first-order chi connectivity index (χ1) is 9.61. The van der Waals surface area contributed by atoms with Gasteiger partial charge in [0.2, 0.25) is 0 Å². The summed E-state index contributed by atoms with van der Waals surface area (Å²) < 4.78 is 7.88. The summed E-state index contributed by atoms with van der Waals surface area (Å²) in [6, 6.07) is 6.29. The van der Waals surface area contributed by atoms with Crippen LogP contribution in [0.15, 0.2) is 18.2 Å². The highest BCUT2D eigenvalue weighted by Gasteiger charge is 2.09. The number of fused-ring (bicyclic) bond motifs is 1. The Balaban J connectivity index is 2.06. The van der Waals surface area contributed by atoms with Crippen molar-refractivity contribution in [2.45, 2.75) is 39.6 Å². The Hall–Kier alpha value is -1.06. The zero-order chi connectivity index (χ0) is 14.5. The van der Waals surface area contributed by atoms with Crippen molar-refractivity contribution in [1.82, 2.24) is 9.55 Å². The van der Waals surface area contributed by atoms with Gasteiger partial charge in [-0.25, -0.2) is 4.98 Å². The Morgan fingerprint density at radius 1 is 1.30 bits per heavy atom. The molecule has 2 rings (SSSR count). The number of halogens is 1. The number of nitrogens with zero attached hydrogens (tertiary/aromatic N) is 2. The molecule has 0 N–H and O–H groups in total. The van der Waals surface area contributed by atoms with Gasteiger partial charge in [-0.05, 0) is 37.0 Å². The highest BCUT2D eigenvalue weighted by molar-refractivity contribution is 6.16. The molecule has 0 bridgehead atoms. The maximum Gasteiger partial charge on any atom is 0.124 e. The van der Waals surface area contributed by atoms with Crippen molar-refractivity contribution < 1.29 is 4.74 Å². The van der Waals surface area contributed by atoms with Crippen LogP contribution in [0.2, 0.25) is 0 Å². The Bertz CT molecular complexity index is 563. The van der Waals surface area contributed by atoms with Crippen LogP contribution in [0.4, 0.5) is 0 Å². The Kier molecular flexibility index (Phi) is 5.44. The lowest BCUT2D eigenvalue weighted by Gasteiger charge is -2.10. The van der Waals surface area contributed by atoms with Crippen LogP contribution in [0.1, 0.15) is 31.7 Å². The normalized spacial score (nSPS) is 11.7. The van der Waals surface area contributed by atoms with Crippen molar-refractivity contribution in [3.8, 4) is 0 Å². The van der Waals surface area contributed by atoms with E-state index >= 15 is 0 Å². The van der Waals surface area contributed by atoms with E-state index in [2.05, 4.69) is 48.5 Å². The van der Waals surface area contributed by atoms with Gasteiger partial charge in [-0.3, -0.25) is 0 Å². The van der Waals surface area contributed by atoms with Crippen molar-refractivity contribution in [3.05, 3.63) is 29.6 Å². The predicted molar refractivity (Wildman–Crippen MR) is 84.3 cm³/mol. The molecule has 3 nitrogen and oxygen atoms in total. The standard InChI is InChI=1S/C16H23ClN2O/c1-12(2)6-8-20-9-7-19-15-10-13(3)4-5-14(15)18-16(19)11-17/h4-5,10,12H,6-9,11H2,1-3H3. The fourth-order valence-electron chi connectivity index (χ4n) is 2.21. The first kappa shape index (κ1) is 15.3. The fraction of sp³-hybridized carbons (Fsp3) is 0.562. The number of hydrogen-bond donors (Lipinski definition) is 0. The summed E-state index contributed by atoms with van der Waals surface area (Å²) in [7, 11) is 0. The Labute approximate surface area is 125 Å². The molecule has 4 heteroatoms. The molecule has 1 heterocycles. The topological polar surface area (TPSA) is 27.1 Å². The van der Waals surface area contributed by atoms with E-state index in [0.717, 1.165) is 36.4 Å². The summed E-state index contributed by atoms with van der Waals surface area (Å²) in [4.78, 5) is 4.57. The van der Waals surface area contributed by atoms with E-state index in [9.17, 15) is 0 Å². The van der Waals surface area contributed by atoms with Gasteiger partial charge in [-0.15, -0.1) is 11.6 Å². The van der Waals surface area contributed by atoms with E-state index in [4.69, 9.17) is 16.3 Å². The fourth-order valence-corrected chi connectivity index (χ4v) is 2.42. The lowest BCUT2D eigenvalue weighted by atomic mass is 10.1. The molecule has 0 radical (unpaired) electrons. The molecule has 110 valence electrons. The van der Waals surface area contributed by atoms with Crippen LogP contribution in [-0.4, -0.2) is 22.8 Å². The molecule has 0 saturated carbocycles. The number of ether oxygens (including phenoxy) is 1.